The lowest BCUT2D eigenvalue weighted by Gasteiger charge is -2.21. The molecule has 33 heavy (non-hydrogen) atoms. The molecule has 0 radical (unpaired) electrons. The second-order valence-corrected chi connectivity index (χ2v) is 9.11. The Hall–Kier alpha value is -2.45. The summed E-state index contributed by atoms with van der Waals surface area (Å²) in [5.41, 5.74) is 2.97. The quantitative estimate of drug-likeness (QED) is 0.482. The molecule has 0 bridgehead atoms. The van der Waals surface area contributed by atoms with E-state index >= 15 is 0 Å². The van der Waals surface area contributed by atoms with Gasteiger partial charge in [-0.05, 0) is 70.4 Å². The average Bonchev–Trinajstić information content (AvgIpc) is 3.20. The van der Waals surface area contributed by atoms with Crippen LogP contribution in [0.5, 0.6) is 0 Å². The molecule has 0 saturated heterocycles. The molecule has 1 N–H and O–H groups in total. The largest absolute Gasteiger partial charge is 1.00 e. The number of aryl methyl sites for hydroxylation is 1. The molecule has 1 aromatic heterocycles. The number of anilines is 2. The SMILES string of the molecule is Cc1cccc(C(=O)N(CCCN(C)C)c2nc(CC(=O)Nc3ccc(Cl)cc3)cs2)c1.[Cl-]. The topological polar surface area (TPSA) is 65.5 Å². The smallest absolute Gasteiger partial charge is 0.260 e. The first-order valence-electron chi connectivity index (χ1n) is 10.3. The molecule has 2 amide bonds. The molecule has 9 heteroatoms. The van der Waals surface area contributed by atoms with Crippen molar-refractivity contribution in [3.05, 3.63) is 75.8 Å². The minimum Gasteiger partial charge on any atom is -1.00 e. The van der Waals surface area contributed by atoms with E-state index in [1.54, 1.807) is 29.2 Å². The average molecular weight is 506 g/mol. The Bertz CT molecular complexity index is 1070. The molecule has 6 nitrogen and oxygen atoms in total. The van der Waals surface area contributed by atoms with E-state index in [2.05, 4.69) is 15.2 Å². The summed E-state index contributed by atoms with van der Waals surface area (Å²) in [4.78, 5) is 34.1. The molecule has 0 aliphatic heterocycles. The van der Waals surface area contributed by atoms with Gasteiger partial charge in [-0.25, -0.2) is 4.98 Å². The van der Waals surface area contributed by atoms with Gasteiger partial charge in [-0.2, -0.15) is 0 Å². The highest BCUT2D eigenvalue weighted by Crippen LogP contribution is 2.24. The maximum absolute atomic E-state index is 13.3. The number of aromatic nitrogens is 1. The molecule has 3 aromatic rings. The summed E-state index contributed by atoms with van der Waals surface area (Å²) in [6, 6.07) is 14.5. The zero-order chi connectivity index (χ0) is 23.1. The Labute approximate surface area is 210 Å². The van der Waals surface area contributed by atoms with Gasteiger partial charge in [-0.3, -0.25) is 14.5 Å². The normalized spacial score (nSPS) is 10.6. The molecular weight excluding hydrogens is 479 g/mol. The summed E-state index contributed by atoms with van der Waals surface area (Å²) in [5, 5.41) is 5.88. The number of hydrogen-bond acceptors (Lipinski definition) is 5. The summed E-state index contributed by atoms with van der Waals surface area (Å²) in [7, 11) is 4.01. The molecule has 0 atom stereocenters. The van der Waals surface area contributed by atoms with Crippen LogP contribution in [0.2, 0.25) is 5.02 Å². The van der Waals surface area contributed by atoms with E-state index in [4.69, 9.17) is 11.6 Å². The number of amides is 2. The zero-order valence-corrected chi connectivity index (χ0v) is 21.2. The number of carbonyl (C=O) groups is 2. The van der Waals surface area contributed by atoms with Gasteiger partial charge in [-0.1, -0.05) is 29.3 Å². The Morgan fingerprint density at radius 3 is 2.48 bits per heavy atom. The number of nitrogens with zero attached hydrogens (tertiary/aromatic N) is 3. The van der Waals surface area contributed by atoms with E-state index in [0.29, 0.717) is 33.6 Å². The summed E-state index contributed by atoms with van der Waals surface area (Å²) < 4.78 is 0. The number of thiazole rings is 1. The summed E-state index contributed by atoms with van der Waals surface area (Å²) in [6.07, 6.45) is 0.944. The number of halogens is 2. The maximum atomic E-state index is 13.3. The lowest BCUT2D eigenvalue weighted by Crippen LogP contribution is -3.00. The van der Waals surface area contributed by atoms with Crippen molar-refractivity contribution in [1.82, 2.24) is 9.88 Å². The molecule has 176 valence electrons. The van der Waals surface area contributed by atoms with Crippen LogP contribution in [0, 0.1) is 6.92 Å². The van der Waals surface area contributed by atoms with Crippen molar-refractivity contribution in [2.75, 3.05) is 37.4 Å². The van der Waals surface area contributed by atoms with Crippen molar-refractivity contribution in [2.24, 2.45) is 0 Å². The van der Waals surface area contributed by atoms with E-state index in [9.17, 15) is 9.59 Å². The first kappa shape index (κ1) is 26.8. The van der Waals surface area contributed by atoms with Crippen molar-refractivity contribution in [2.45, 2.75) is 19.8 Å². The van der Waals surface area contributed by atoms with E-state index in [1.807, 2.05) is 50.7 Å². The minimum absolute atomic E-state index is 0. The van der Waals surface area contributed by atoms with Crippen LogP contribution in [0.25, 0.3) is 0 Å². The Morgan fingerprint density at radius 1 is 1.09 bits per heavy atom. The highest BCUT2D eigenvalue weighted by atomic mass is 35.5. The molecule has 3 rings (SSSR count). The second-order valence-electron chi connectivity index (χ2n) is 7.84. The highest BCUT2D eigenvalue weighted by molar-refractivity contribution is 7.14. The number of benzene rings is 2. The summed E-state index contributed by atoms with van der Waals surface area (Å²) in [6.45, 7) is 3.38. The van der Waals surface area contributed by atoms with Gasteiger partial charge in [0.15, 0.2) is 5.13 Å². The molecule has 0 saturated carbocycles. The Kier molecular flexibility index (Phi) is 10.3. The fourth-order valence-corrected chi connectivity index (χ4v) is 4.14. The second kappa shape index (κ2) is 12.7. The van der Waals surface area contributed by atoms with Crippen molar-refractivity contribution in [3.8, 4) is 0 Å². The molecule has 0 unspecified atom stereocenters. The number of nitrogens with one attached hydrogen (secondary N) is 1. The van der Waals surface area contributed by atoms with E-state index in [0.717, 1.165) is 18.5 Å². The Balaban J connectivity index is 0.00000385. The van der Waals surface area contributed by atoms with Crippen LogP contribution < -0.4 is 22.6 Å². The predicted octanol–water partition coefficient (Wildman–Crippen LogP) is 1.89. The first-order chi connectivity index (χ1) is 15.3. The number of rotatable bonds is 9. The van der Waals surface area contributed by atoms with Gasteiger partial charge in [0.25, 0.3) is 5.91 Å². The molecule has 1 heterocycles. The van der Waals surface area contributed by atoms with Crippen molar-refractivity contribution in [1.29, 1.82) is 0 Å². The summed E-state index contributed by atoms with van der Waals surface area (Å²) >= 11 is 7.26. The molecule has 0 aliphatic rings. The lowest BCUT2D eigenvalue weighted by molar-refractivity contribution is -0.115. The minimum atomic E-state index is -0.173. The predicted molar refractivity (Wildman–Crippen MR) is 132 cm³/mol. The lowest BCUT2D eigenvalue weighted by atomic mass is 10.1. The van der Waals surface area contributed by atoms with Gasteiger partial charge >= 0.3 is 0 Å². The van der Waals surface area contributed by atoms with Crippen molar-refractivity contribution < 1.29 is 22.0 Å². The van der Waals surface area contributed by atoms with Gasteiger partial charge in [0.2, 0.25) is 5.91 Å². The van der Waals surface area contributed by atoms with E-state index in [1.165, 1.54) is 11.3 Å². The van der Waals surface area contributed by atoms with Crippen molar-refractivity contribution >= 4 is 45.6 Å². The standard InChI is InChI=1S/C24H27ClN4O2S.ClH/c1-17-6-4-7-18(14-17)23(31)29(13-5-12-28(2)3)24-27-21(16-32-24)15-22(30)26-20-10-8-19(25)9-11-20;/h4,6-11,14,16H,5,12-13,15H2,1-3H3,(H,26,30);1H/p-1. The van der Waals surface area contributed by atoms with E-state index in [-0.39, 0.29) is 30.6 Å². The van der Waals surface area contributed by atoms with Gasteiger partial charge in [0.1, 0.15) is 0 Å². The van der Waals surface area contributed by atoms with Crippen LogP contribution in [-0.2, 0) is 11.2 Å². The van der Waals surface area contributed by atoms with Crippen LogP contribution in [0.15, 0.2) is 53.9 Å². The van der Waals surface area contributed by atoms with Gasteiger partial charge in [-0.15, -0.1) is 11.3 Å². The third-order valence-electron chi connectivity index (χ3n) is 4.74. The first-order valence-corrected chi connectivity index (χ1v) is 11.6. The maximum Gasteiger partial charge on any atom is 0.260 e. The number of carbonyl (C=O) groups excluding carboxylic acids is 2. The van der Waals surface area contributed by atoms with Gasteiger partial charge in [0.05, 0.1) is 12.1 Å². The monoisotopic (exact) mass is 505 g/mol. The highest BCUT2D eigenvalue weighted by Gasteiger charge is 2.21. The Morgan fingerprint density at radius 2 is 1.82 bits per heavy atom. The third kappa shape index (κ3) is 8.12. The number of hydrogen-bond donors (Lipinski definition) is 1. The van der Waals surface area contributed by atoms with Crippen LogP contribution >= 0.6 is 22.9 Å². The van der Waals surface area contributed by atoms with Crippen LogP contribution in [0.3, 0.4) is 0 Å². The van der Waals surface area contributed by atoms with Gasteiger partial charge < -0.3 is 22.6 Å². The molecule has 2 aromatic carbocycles. The van der Waals surface area contributed by atoms with Crippen LogP contribution in [0.1, 0.15) is 28.0 Å². The summed E-state index contributed by atoms with van der Waals surface area (Å²) in [5.74, 6) is -0.257. The van der Waals surface area contributed by atoms with Crippen LogP contribution in [-0.4, -0.2) is 48.9 Å². The van der Waals surface area contributed by atoms with Gasteiger partial charge in [0, 0.05) is 28.2 Å². The van der Waals surface area contributed by atoms with E-state index < -0.39 is 0 Å². The van der Waals surface area contributed by atoms with Crippen LogP contribution in [0.4, 0.5) is 10.8 Å². The molecule has 0 spiro atoms. The van der Waals surface area contributed by atoms with Crippen molar-refractivity contribution in [3.63, 3.8) is 0 Å². The zero-order valence-electron chi connectivity index (χ0n) is 18.8. The molecule has 0 aliphatic carbocycles. The molecule has 0 fully saturated rings. The third-order valence-corrected chi connectivity index (χ3v) is 5.90. The fourth-order valence-electron chi connectivity index (χ4n) is 3.17. The fraction of sp³-hybridized carbons (Fsp3) is 0.292. The molecular formula is C24H27Cl2N4O2S-.